The number of aromatic nitrogens is 1. The summed E-state index contributed by atoms with van der Waals surface area (Å²) in [4.78, 5) is 32.6. The van der Waals surface area contributed by atoms with Gasteiger partial charge in [-0.15, -0.1) is 0 Å². The van der Waals surface area contributed by atoms with E-state index in [-0.39, 0.29) is 5.56 Å². The number of amides is 1. The smallest absolute Gasteiger partial charge is 0.277 e. The zero-order valence-electron chi connectivity index (χ0n) is 15.1. The number of aryl methyl sites for hydroxylation is 2. The zero-order valence-corrected chi connectivity index (χ0v) is 15.1. The molecular weight excluding hydrogens is 364 g/mol. The largest absolute Gasteiger partial charge is 0.352 e. The highest BCUT2D eigenvalue weighted by Crippen LogP contribution is 2.23. The van der Waals surface area contributed by atoms with Crippen LogP contribution in [0.15, 0.2) is 48.7 Å². The molecule has 9 heteroatoms. The Bertz CT molecular complexity index is 1040. The summed E-state index contributed by atoms with van der Waals surface area (Å²) in [5.74, 6) is -0.583. The predicted molar refractivity (Wildman–Crippen MR) is 103 cm³/mol. The fraction of sp³-hybridized carbons (Fsp3) is 0.211. The van der Waals surface area contributed by atoms with Crippen LogP contribution in [0.3, 0.4) is 0 Å². The molecule has 0 saturated carbocycles. The molecule has 1 N–H and O–H groups in total. The number of carbonyl (C=O) groups excluding carboxylic acids is 1. The number of non-ortho nitro benzene ring substituents is 2. The van der Waals surface area contributed by atoms with Gasteiger partial charge in [0.05, 0.1) is 21.5 Å². The maximum absolute atomic E-state index is 12.3. The fourth-order valence-electron chi connectivity index (χ4n) is 3.11. The molecule has 1 amide bonds. The second kappa shape index (κ2) is 7.87. The average molecular weight is 382 g/mol. The summed E-state index contributed by atoms with van der Waals surface area (Å²) >= 11 is 0. The van der Waals surface area contributed by atoms with Crippen LogP contribution in [0.1, 0.15) is 22.3 Å². The number of nitrogens with one attached hydrogen (secondary N) is 1. The van der Waals surface area contributed by atoms with Gasteiger partial charge in [-0.25, -0.2) is 0 Å². The average Bonchev–Trinajstić information content (AvgIpc) is 3.00. The van der Waals surface area contributed by atoms with Gasteiger partial charge in [0.2, 0.25) is 0 Å². The minimum Gasteiger partial charge on any atom is -0.352 e. The Morgan fingerprint density at radius 1 is 1.07 bits per heavy atom. The molecule has 0 fully saturated rings. The quantitative estimate of drug-likeness (QED) is 0.380. The van der Waals surface area contributed by atoms with Crippen molar-refractivity contribution in [2.24, 2.45) is 0 Å². The molecule has 2 aromatic carbocycles. The van der Waals surface area contributed by atoms with Crippen LogP contribution < -0.4 is 5.32 Å². The first-order valence-electron chi connectivity index (χ1n) is 8.63. The molecular formula is C19H18N4O5. The van der Waals surface area contributed by atoms with Crippen molar-refractivity contribution in [3.8, 4) is 0 Å². The Morgan fingerprint density at radius 2 is 1.71 bits per heavy atom. The molecule has 0 spiro atoms. The number of hydrogen-bond donors (Lipinski definition) is 1. The van der Waals surface area contributed by atoms with E-state index in [1.807, 2.05) is 25.1 Å². The molecule has 3 aromatic rings. The number of carbonyl (C=O) groups is 1. The molecule has 1 aromatic heterocycles. The summed E-state index contributed by atoms with van der Waals surface area (Å²) in [5, 5.41) is 25.7. The number of nitro groups is 2. The molecule has 28 heavy (non-hydrogen) atoms. The Kier molecular flexibility index (Phi) is 5.35. The third-order valence-electron chi connectivity index (χ3n) is 4.44. The van der Waals surface area contributed by atoms with E-state index < -0.39 is 27.1 Å². The number of nitro benzene ring substituents is 2. The summed E-state index contributed by atoms with van der Waals surface area (Å²) in [6.07, 6.45) is 2.69. The first kappa shape index (κ1) is 19.0. The third kappa shape index (κ3) is 3.98. The van der Waals surface area contributed by atoms with Crippen LogP contribution in [0.2, 0.25) is 0 Å². The minimum absolute atomic E-state index is 0.108. The highest BCUT2D eigenvalue weighted by atomic mass is 16.6. The van der Waals surface area contributed by atoms with Gasteiger partial charge >= 0.3 is 0 Å². The van der Waals surface area contributed by atoms with Crippen molar-refractivity contribution < 1.29 is 14.6 Å². The second-order valence-corrected chi connectivity index (χ2v) is 6.38. The summed E-state index contributed by atoms with van der Waals surface area (Å²) in [7, 11) is 0. The molecule has 144 valence electrons. The lowest BCUT2D eigenvalue weighted by atomic mass is 10.1. The van der Waals surface area contributed by atoms with Crippen LogP contribution in [-0.2, 0) is 6.54 Å². The first-order chi connectivity index (χ1) is 13.4. The third-order valence-corrected chi connectivity index (χ3v) is 4.44. The van der Waals surface area contributed by atoms with E-state index in [1.165, 1.54) is 10.9 Å². The van der Waals surface area contributed by atoms with Gasteiger partial charge in [-0.3, -0.25) is 25.0 Å². The first-order valence-corrected chi connectivity index (χ1v) is 8.63. The lowest BCUT2D eigenvalue weighted by Crippen LogP contribution is -2.25. The van der Waals surface area contributed by atoms with Crippen molar-refractivity contribution in [3.63, 3.8) is 0 Å². The van der Waals surface area contributed by atoms with Crippen molar-refractivity contribution >= 4 is 28.2 Å². The van der Waals surface area contributed by atoms with Crippen LogP contribution in [0.25, 0.3) is 10.9 Å². The SMILES string of the molecule is Cc1cn(CCCNC(=O)c2cc([N+](=O)[O-])cc([N+](=O)[O-])c2)c2ccccc12. The van der Waals surface area contributed by atoms with Gasteiger partial charge in [0.15, 0.2) is 0 Å². The monoisotopic (exact) mass is 382 g/mol. The van der Waals surface area contributed by atoms with Gasteiger partial charge < -0.3 is 9.88 Å². The normalized spacial score (nSPS) is 10.8. The highest BCUT2D eigenvalue weighted by Gasteiger charge is 2.19. The van der Waals surface area contributed by atoms with Crippen molar-refractivity contribution in [1.82, 2.24) is 9.88 Å². The molecule has 0 radical (unpaired) electrons. The predicted octanol–water partition coefficient (Wildman–Crippen LogP) is 3.59. The number of hydrogen-bond acceptors (Lipinski definition) is 5. The van der Waals surface area contributed by atoms with Crippen LogP contribution in [0, 0.1) is 27.2 Å². The van der Waals surface area contributed by atoms with Crippen molar-refractivity contribution in [2.45, 2.75) is 19.9 Å². The molecule has 1 heterocycles. The number of benzene rings is 2. The standard InChI is InChI=1S/C19H18N4O5/c1-13-12-21(18-6-3-2-5-17(13)18)8-4-7-20-19(24)14-9-15(22(25)26)11-16(10-14)23(27)28/h2-3,5-6,9-12H,4,7-8H2,1H3,(H,20,24). The van der Waals surface area contributed by atoms with Crippen LogP contribution in [-0.4, -0.2) is 26.9 Å². The van der Waals surface area contributed by atoms with Crippen molar-refractivity contribution in [2.75, 3.05) is 6.54 Å². The molecule has 3 rings (SSSR count). The Balaban J connectivity index is 1.64. The van der Waals surface area contributed by atoms with E-state index in [1.54, 1.807) is 0 Å². The van der Waals surface area contributed by atoms with Crippen LogP contribution in [0.4, 0.5) is 11.4 Å². The molecule has 0 atom stereocenters. The molecule has 0 bridgehead atoms. The Labute approximate surface area is 159 Å². The maximum atomic E-state index is 12.3. The van der Waals surface area contributed by atoms with Crippen LogP contribution >= 0.6 is 0 Å². The van der Waals surface area contributed by atoms with Gasteiger partial charge in [0.1, 0.15) is 0 Å². The Hall–Kier alpha value is -3.75. The van der Waals surface area contributed by atoms with Crippen molar-refractivity contribution in [3.05, 3.63) is 80.0 Å². The lowest BCUT2D eigenvalue weighted by Gasteiger charge is -2.07. The van der Waals surface area contributed by atoms with E-state index in [9.17, 15) is 25.0 Å². The Morgan fingerprint density at radius 3 is 2.36 bits per heavy atom. The van der Waals surface area contributed by atoms with Gasteiger partial charge in [0, 0.05) is 42.3 Å². The van der Waals surface area contributed by atoms with E-state index in [4.69, 9.17) is 0 Å². The minimum atomic E-state index is -0.761. The van der Waals surface area contributed by atoms with E-state index >= 15 is 0 Å². The molecule has 0 unspecified atom stereocenters. The van der Waals surface area contributed by atoms with E-state index in [0.717, 1.165) is 23.7 Å². The summed E-state index contributed by atoms with van der Waals surface area (Å²) < 4.78 is 2.11. The second-order valence-electron chi connectivity index (χ2n) is 6.38. The summed E-state index contributed by atoms with van der Waals surface area (Å²) in [5.41, 5.74) is 1.19. The van der Waals surface area contributed by atoms with Gasteiger partial charge in [-0.05, 0) is 25.0 Å². The molecule has 0 aliphatic rings. The van der Waals surface area contributed by atoms with E-state index in [2.05, 4.69) is 22.1 Å². The number of rotatable bonds is 7. The number of para-hydroxylation sites is 1. The van der Waals surface area contributed by atoms with Crippen molar-refractivity contribution in [1.29, 1.82) is 0 Å². The van der Waals surface area contributed by atoms with Gasteiger partial charge in [-0.2, -0.15) is 0 Å². The molecule has 0 saturated heterocycles. The summed E-state index contributed by atoms with van der Waals surface area (Å²) in [6.45, 7) is 3.06. The zero-order chi connectivity index (χ0) is 20.3. The fourth-order valence-corrected chi connectivity index (χ4v) is 3.11. The molecule has 9 nitrogen and oxygen atoms in total. The van der Waals surface area contributed by atoms with Crippen LogP contribution in [0.5, 0.6) is 0 Å². The van der Waals surface area contributed by atoms with Gasteiger partial charge in [0.25, 0.3) is 17.3 Å². The molecule has 0 aliphatic heterocycles. The maximum Gasteiger partial charge on any atom is 0.277 e. The topological polar surface area (TPSA) is 120 Å². The highest BCUT2D eigenvalue weighted by molar-refractivity contribution is 5.95. The summed E-state index contributed by atoms with van der Waals surface area (Å²) in [6, 6.07) is 10.9. The van der Waals surface area contributed by atoms with E-state index in [0.29, 0.717) is 19.5 Å². The lowest BCUT2D eigenvalue weighted by molar-refractivity contribution is -0.394. The van der Waals surface area contributed by atoms with Gasteiger partial charge in [-0.1, -0.05) is 18.2 Å². The number of nitrogens with zero attached hydrogens (tertiary/aromatic N) is 3. The molecule has 0 aliphatic carbocycles. The number of fused-ring (bicyclic) bond motifs is 1.